The zero-order valence-electron chi connectivity index (χ0n) is 9.52. The number of β-amino-alcohol motifs (C(OH)–C–C–N with tert-alkyl or cyclic N) is 1. The van der Waals surface area contributed by atoms with Gasteiger partial charge in [0.2, 0.25) is 0 Å². The van der Waals surface area contributed by atoms with Gasteiger partial charge in [-0.25, -0.2) is 0 Å². The second-order valence-electron chi connectivity index (χ2n) is 4.38. The molecular formula is C9H13F5N2O2. The van der Waals surface area contributed by atoms with Gasteiger partial charge >= 0.3 is 18.0 Å². The van der Waals surface area contributed by atoms with Crippen molar-refractivity contribution in [3.05, 3.63) is 0 Å². The Labute approximate surface area is 99.7 Å². The lowest BCUT2D eigenvalue weighted by Crippen LogP contribution is -2.54. The number of carbonyl (C=O) groups is 1. The molecule has 1 saturated heterocycles. The van der Waals surface area contributed by atoms with E-state index in [-0.39, 0.29) is 17.9 Å². The predicted molar refractivity (Wildman–Crippen MR) is 51.1 cm³/mol. The van der Waals surface area contributed by atoms with E-state index in [1.807, 2.05) is 0 Å². The molecule has 0 aromatic rings. The van der Waals surface area contributed by atoms with Crippen LogP contribution in [0, 0.1) is 0 Å². The van der Waals surface area contributed by atoms with Gasteiger partial charge in [0.15, 0.2) is 0 Å². The lowest BCUT2D eigenvalue weighted by molar-refractivity contribution is -0.274. The normalized spacial score (nSPS) is 25.3. The summed E-state index contributed by atoms with van der Waals surface area (Å²) in [6.07, 6.45) is -5.75. The zero-order chi connectivity index (χ0) is 14.2. The Hall–Kier alpha value is -0.960. The maximum Gasteiger partial charge on any atom is 0.463 e. The number of amides is 1. The number of aliphatic hydroxyl groups is 1. The highest BCUT2D eigenvalue weighted by Crippen LogP contribution is 2.37. The number of nitrogens with one attached hydrogen (secondary N) is 1. The van der Waals surface area contributed by atoms with Crippen LogP contribution in [0.3, 0.4) is 0 Å². The third kappa shape index (κ3) is 2.89. The van der Waals surface area contributed by atoms with Crippen molar-refractivity contribution in [3.8, 4) is 0 Å². The molecule has 0 aromatic heterocycles. The van der Waals surface area contributed by atoms with E-state index in [0.29, 0.717) is 6.54 Å². The summed E-state index contributed by atoms with van der Waals surface area (Å²) in [6.45, 7) is -0.124. The van der Waals surface area contributed by atoms with E-state index < -0.39 is 30.2 Å². The van der Waals surface area contributed by atoms with Crippen LogP contribution in [0.5, 0.6) is 0 Å². The number of nitrogens with zero attached hydrogens (tertiary/aromatic N) is 1. The first-order chi connectivity index (χ1) is 8.00. The highest BCUT2D eigenvalue weighted by molar-refractivity contribution is 5.84. The van der Waals surface area contributed by atoms with Gasteiger partial charge in [-0.15, -0.1) is 0 Å². The summed E-state index contributed by atoms with van der Waals surface area (Å²) in [5.41, 5.74) is -1.47. The zero-order valence-corrected chi connectivity index (χ0v) is 9.52. The van der Waals surface area contributed by atoms with Gasteiger partial charge in [-0.3, -0.25) is 4.79 Å². The lowest BCUT2D eigenvalue weighted by Gasteiger charge is -2.30. The molecule has 0 aromatic carbocycles. The fraction of sp³-hybridized carbons (Fsp3) is 0.889. The minimum absolute atomic E-state index is 0.0439. The summed E-state index contributed by atoms with van der Waals surface area (Å²) < 4.78 is 61.5. The lowest BCUT2D eigenvalue weighted by atomic mass is 10.0. The van der Waals surface area contributed by atoms with Crippen molar-refractivity contribution in [1.82, 2.24) is 10.2 Å². The number of alkyl halides is 5. The van der Waals surface area contributed by atoms with Crippen molar-refractivity contribution in [3.63, 3.8) is 0 Å². The summed E-state index contributed by atoms with van der Waals surface area (Å²) in [6, 6.07) is 0. The molecule has 1 heterocycles. The van der Waals surface area contributed by atoms with Crippen LogP contribution in [-0.4, -0.2) is 60.3 Å². The molecule has 106 valence electrons. The maximum absolute atomic E-state index is 12.8. The average Bonchev–Trinajstić information content (AvgIpc) is 2.61. The van der Waals surface area contributed by atoms with Gasteiger partial charge in [0.1, 0.15) is 0 Å². The molecule has 4 nitrogen and oxygen atoms in total. The SMILES string of the molecule is CN(CC1(O)CCNC1)C(=O)C(F)(F)C(F)(F)F. The molecule has 0 spiro atoms. The third-order valence-corrected chi connectivity index (χ3v) is 2.72. The molecule has 0 saturated carbocycles. The summed E-state index contributed by atoms with van der Waals surface area (Å²) in [7, 11) is 0.804. The number of carbonyl (C=O) groups excluding carboxylic acids is 1. The van der Waals surface area contributed by atoms with Crippen LogP contribution in [0.1, 0.15) is 6.42 Å². The highest BCUT2D eigenvalue weighted by atomic mass is 19.4. The second-order valence-corrected chi connectivity index (χ2v) is 4.38. The van der Waals surface area contributed by atoms with Crippen LogP contribution >= 0.6 is 0 Å². The van der Waals surface area contributed by atoms with Crippen molar-refractivity contribution in [2.75, 3.05) is 26.7 Å². The predicted octanol–water partition coefficient (Wildman–Crippen LogP) is 0.367. The first-order valence-corrected chi connectivity index (χ1v) is 5.13. The van der Waals surface area contributed by atoms with Gasteiger partial charge in [-0.1, -0.05) is 0 Å². The molecule has 1 fully saturated rings. The van der Waals surface area contributed by atoms with Gasteiger partial charge in [0.25, 0.3) is 0 Å². The Kier molecular flexibility index (Phi) is 3.87. The van der Waals surface area contributed by atoms with E-state index in [1.54, 1.807) is 0 Å². The van der Waals surface area contributed by atoms with Crippen LogP contribution in [0.4, 0.5) is 22.0 Å². The fourth-order valence-corrected chi connectivity index (χ4v) is 1.74. The number of hydrogen-bond acceptors (Lipinski definition) is 3. The van der Waals surface area contributed by atoms with Gasteiger partial charge in [0.05, 0.1) is 12.1 Å². The van der Waals surface area contributed by atoms with Crippen LogP contribution in [0.15, 0.2) is 0 Å². The molecule has 2 N–H and O–H groups in total. The molecule has 1 aliphatic heterocycles. The van der Waals surface area contributed by atoms with E-state index in [4.69, 9.17) is 0 Å². The summed E-state index contributed by atoms with van der Waals surface area (Å²) in [4.78, 5) is 11.3. The molecular weight excluding hydrogens is 263 g/mol. The number of rotatable bonds is 3. The molecule has 1 amide bonds. The largest absolute Gasteiger partial charge is 0.463 e. The molecule has 1 atom stereocenters. The standard InChI is InChI=1S/C9H13F5N2O2/c1-16(5-7(18)2-3-15-4-7)6(17)8(10,11)9(12,13)14/h15,18H,2-5H2,1H3. The van der Waals surface area contributed by atoms with Gasteiger partial charge in [-0.05, 0) is 13.0 Å². The molecule has 1 aliphatic rings. The monoisotopic (exact) mass is 276 g/mol. The molecule has 0 aliphatic carbocycles. The number of halogens is 5. The second kappa shape index (κ2) is 4.61. The first-order valence-electron chi connectivity index (χ1n) is 5.13. The van der Waals surface area contributed by atoms with Gasteiger partial charge < -0.3 is 15.3 Å². The van der Waals surface area contributed by atoms with Crippen molar-refractivity contribution >= 4 is 5.91 Å². The van der Waals surface area contributed by atoms with Crippen molar-refractivity contribution in [2.24, 2.45) is 0 Å². The molecule has 1 rings (SSSR count). The Morgan fingerprint density at radius 2 is 1.94 bits per heavy atom. The number of hydrogen-bond donors (Lipinski definition) is 2. The van der Waals surface area contributed by atoms with Gasteiger partial charge in [-0.2, -0.15) is 22.0 Å². The Bertz CT molecular complexity index is 325. The summed E-state index contributed by atoms with van der Waals surface area (Å²) >= 11 is 0. The molecule has 0 bridgehead atoms. The topological polar surface area (TPSA) is 52.6 Å². The van der Waals surface area contributed by atoms with E-state index in [2.05, 4.69) is 5.32 Å². The summed E-state index contributed by atoms with van der Waals surface area (Å²) in [5.74, 6) is -7.81. The first kappa shape index (κ1) is 15.1. The van der Waals surface area contributed by atoms with E-state index in [0.717, 1.165) is 7.05 Å². The quantitative estimate of drug-likeness (QED) is 0.732. The van der Waals surface area contributed by atoms with E-state index in [9.17, 15) is 31.9 Å². The Morgan fingerprint density at radius 3 is 2.33 bits per heavy atom. The minimum atomic E-state index is -5.94. The van der Waals surface area contributed by atoms with E-state index in [1.165, 1.54) is 0 Å². The molecule has 1 unspecified atom stereocenters. The smallest absolute Gasteiger partial charge is 0.387 e. The Balaban J connectivity index is 2.72. The third-order valence-electron chi connectivity index (χ3n) is 2.72. The van der Waals surface area contributed by atoms with Crippen LogP contribution in [-0.2, 0) is 4.79 Å². The fourth-order valence-electron chi connectivity index (χ4n) is 1.74. The van der Waals surface area contributed by atoms with Gasteiger partial charge in [0, 0.05) is 13.6 Å². The molecule has 0 radical (unpaired) electrons. The van der Waals surface area contributed by atoms with Crippen molar-refractivity contribution < 1.29 is 31.9 Å². The maximum atomic E-state index is 12.8. The van der Waals surface area contributed by atoms with Crippen LogP contribution < -0.4 is 5.32 Å². The van der Waals surface area contributed by atoms with Crippen molar-refractivity contribution in [2.45, 2.75) is 24.1 Å². The molecule has 18 heavy (non-hydrogen) atoms. The summed E-state index contributed by atoms with van der Waals surface area (Å²) in [5, 5.41) is 12.5. The van der Waals surface area contributed by atoms with E-state index >= 15 is 0 Å². The minimum Gasteiger partial charge on any atom is -0.387 e. The average molecular weight is 276 g/mol. The van der Waals surface area contributed by atoms with Crippen molar-refractivity contribution in [1.29, 1.82) is 0 Å². The number of likely N-dealkylation sites (N-methyl/N-ethyl adjacent to an activating group) is 1. The van der Waals surface area contributed by atoms with Crippen LogP contribution in [0.25, 0.3) is 0 Å². The van der Waals surface area contributed by atoms with Crippen LogP contribution in [0.2, 0.25) is 0 Å². The highest BCUT2D eigenvalue weighted by Gasteiger charge is 2.64. The molecule has 9 heteroatoms. The Morgan fingerprint density at radius 1 is 1.39 bits per heavy atom.